The van der Waals surface area contributed by atoms with Crippen molar-refractivity contribution in [2.75, 3.05) is 19.8 Å². The van der Waals surface area contributed by atoms with E-state index in [1.54, 1.807) is 0 Å². The van der Waals surface area contributed by atoms with Crippen LogP contribution in [0.2, 0.25) is 5.02 Å². The highest BCUT2D eigenvalue weighted by Crippen LogP contribution is 2.30. The van der Waals surface area contributed by atoms with E-state index in [-0.39, 0.29) is 37.1 Å². The number of halogens is 2. The van der Waals surface area contributed by atoms with Crippen molar-refractivity contribution >= 4 is 35.6 Å². The van der Waals surface area contributed by atoms with Crippen LogP contribution in [0.1, 0.15) is 18.4 Å². The minimum Gasteiger partial charge on any atom is -0.381 e. The van der Waals surface area contributed by atoms with Gasteiger partial charge in [-0.3, -0.25) is 14.9 Å². The quantitative estimate of drug-likeness (QED) is 0.614. The number of nitrogens with two attached hydrogens (primary N) is 1. The van der Waals surface area contributed by atoms with Crippen LogP contribution in [0.25, 0.3) is 0 Å². The van der Waals surface area contributed by atoms with Crippen LogP contribution >= 0.6 is 24.0 Å². The fraction of sp³-hybridized carbons (Fsp3) is 0.500. The molecule has 0 aliphatic carbocycles. The van der Waals surface area contributed by atoms with E-state index >= 15 is 0 Å². The number of nitro benzene ring substituents is 1. The first-order valence-electron chi connectivity index (χ1n) is 6.97. The summed E-state index contributed by atoms with van der Waals surface area (Å²) in [6.07, 6.45) is 1.13. The maximum Gasteiger partial charge on any atom is 0.269 e. The first-order valence-corrected chi connectivity index (χ1v) is 7.35. The van der Waals surface area contributed by atoms with E-state index in [0.29, 0.717) is 36.6 Å². The SMILES string of the molecule is Cl.NCC1(C(=O)NCc2cc([N+](=O)[O-])ccc2Cl)CCOCC1. The molecule has 1 aromatic carbocycles. The number of carbonyl (C=O) groups is 1. The molecule has 1 saturated heterocycles. The molecule has 0 radical (unpaired) electrons. The Morgan fingerprint density at radius 2 is 2.09 bits per heavy atom. The summed E-state index contributed by atoms with van der Waals surface area (Å²) in [6.45, 7) is 1.37. The Bertz CT molecular complexity index is 577. The van der Waals surface area contributed by atoms with Crippen molar-refractivity contribution in [3.8, 4) is 0 Å². The number of benzene rings is 1. The van der Waals surface area contributed by atoms with Gasteiger partial charge in [-0.15, -0.1) is 12.4 Å². The number of hydrogen-bond donors (Lipinski definition) is 2. The zero-order valence-electron chi connectivity index (χ0n) is 12.4. The van der Waals surface area contributed by atoms with Gasteiger partial charge in [0.05, 0.1) is 10.3 Å². The molecule has 1 aliphatic heterocycles. The minimum atomic E-state index is -0.633. The molecule has 3 N–H and O–H groups in total. The number of rotatable bonds is 5. The normalized spacial score (nSPS) is 16.3. The molecule has 0 bridgehead atoms. The Balaban J connectivity index is 0.00000264. The van der Waals surface area contributed by atoms with Crippen LogP contribution in [0, 0.1) is 15.5 Å². The molecule has 128 valence electrons. The van der Waals surface area contributed by atoms with E-state index in [1.807, 2.05) is 0 Å². The molecule has 0 saturated carbocycles. The van der Waals surface area contributed by atoms with Crippen molar-refractivity contribution in [1.29, 1.82) is 0 Å². The third-order valence-electron chi connectivity index (χ3n) is 4.00. The first-order chi connectivity index (χ1) is 10.5. The summed E-state index contributed by atoms with van der Waals surface area (Å²) in [5.74, 6) is -0.166. The molecule has 0 unspecified atom stereocenters. The van der Waals surface area contributed by atoms with Gasteiger partial charge in [0.1, 0.15) is 0 Å². The molecule has 9 heteroatoms. The van der Waals surface area contributed by atoms with Crippen molar-refractivity contribution in [3.05, 3.63) is 38.9 Å². The van der Waals surface area contributed by atoms with Crippen LogP contribution in [0.15, 0.2) is 18.2 Å². The molecule has 1 aromatic rings. The van der Waals surface area contributed by atoms with Crippen molar-refractivity contribution in [2.24, 2.45) is 11.1 Å². The second-order valence-corrected chi connectivity index (χ2v) is 5.72. The van der Waals surface area contributed by atoms with E-state index in [1.165, 1.54) is 18.2 Å². The highest BCUT2D eigenvalue weighted by atomic mass is 35.5. The van der Waals surface area contributed by atoms with Crippen molar-refractivity contribution in [1.82, 2.24) is 5.32 Å². The van der Waals surface area contributed by atoms with Gasteiger partial charge in [-0.2, -0.15) is 0 Å². The van der Waals surface area contributed by atoms with Crippen molar-refractivity contribution < 1.29 is 14.5 Å². The lowest BCUT2D eigenvalue weighted by Crippen LogP contribution is -2.49. The van der Waals surface area contributed by atoms with Crippen LogP contribution in [-0.4, -0.2) is 30.6 Å². The Hall–Kier alpha value is -1.41. The molecule has 23 heavy (non-hydrogen) atoms. The molecule has 1 heterocycles. The smallest absolute Gasteiger partial charge is 0.269 e. The summed E-state index contributed by atoms with van der Waals surface area (Å²) < 4.78 is 5.27. The third kappa shape index (κ3) is 4.54. The predicted molar refractivity (Wildman–Crippen MR) is 88.7 cm³/mol. The summed E-state index contributed by atoms with van der Waals surface area (Å²) in [4.78, 5) is 22.7. The highest BCUT2D eigenvalue weighted by molar-refractivity contribution is 6.31. The predicted octanol–water partition coefficient (Wildman–Crippen LogP) is 2.04. The summed E-state index contributed by atoms with van der Waals surface area (Å²) in [6, 6.07) is 4.14. The summed E-state index contributed by atoms with van der Waals surface area (Å²) in [5.41, 5.74) is 5.58. The van der Waals surface area contributed by atoms with E-state index in [0.717, 1.165) is 0 Å². The zero-order valence-corrected chi connectivity index (χ0v) is 14.0. The average molecular weight is 364 g/mol. The van der Waals surface area contributed by atoms with E-state index < -0.39 is 10.3 Å². The topological polar surface area (TPSA) is 107 Å². The van der Waals surface area contributed by atoms with Crippen LogP contribution in [0.5, 0.6) is 0 Å². The van der Waals surface area contributed by atoms with Gasteiger partial charge in [0.2, 0.25) is 5.91 Å². The Morgan fingerprint density at radius 1 is 1.43 bits per heavy atom. The Morgan fingerprint density at radius 3 is 2.65 bits per heavy atom. The molecule has 2 rings (SSSR count). The molecular weight excluding hydrogens is 345 g/mol. The molecular formula is C14H19Cl2N3O4. The Kier molecular flexibility index (Phi) is 7.21. The van der Waals surface area contributed by atoms with Gasteiger partial charge >= 0.3 is 0 Å². The van der Waals surface area contributed by atoms with Gasteiger partial charge in [-0.1, -0.05) is 11.6 Å². The second-order valence-electron chi connectivity index (χ2n) is 5.31. The molecule has 1 aliphatic rings. The van der Waals surface area contributed by atoms with Crippen molar-refractivity contribution in [2.45, 2.75) is 19.4 Å². The maximum atomic E-state index is 12.4. The van der Waals surface area contributed by atoms with E-state index in [4.69, 9.17) is 22.1 Å². The van der Waals surface area contributed by atoms with Gasteiger partial charge in [0.15, 0.2) is 0 Å². The molecule has 0 spiro atoms. The number of nitro groups is 1. The largest absolute Gasteiger partial charge is 0.381 e. The first kappa shape index (κ1) is 19.6. The van der Waals surface area contributed by atoms with Crippen LogP contribution < -0.4 is 11.1 Å². The van der Waals surface area contributed by atoms with Gasteiger partial charge in [0.25, 0.3) is 5.69 Å². The maximum absolute atomic E-state index is 12.4. The number of hydrogen-bond acceptors (Lipinski definition) is 5. The molecule has 0 atom stereocenters. The van der Waals surface area contributed by atoms with Crippen LogP contribution in [0.4, 0.5) is 5.69 Å². The summed E-state index contributed by atoms with van der Waals surface area (Å²) in [5, 5.41) is 14.0. The fourth-order valence-electron chi connectivity index (χ4n) is 2.46. The Labute approximate surface area is 145 Å². The number of amides is 1. The number of carbonyl (C=O) groups excluding carboxylic acids is 1. The third-order valence-corrected chi connectivity index (χ3v) is 4.37. The van der Waals surface area contributed by atoms with E-state index in [9.17, 15) is 14.9 Å². The van der Waals surface area contributed by atoms with Crippen LogP contribution in [-0.2, 0) is 16.1 Å². The van der Waals surface area contributed by atoms with Crippen LogP contribution in [0.3, 0.4) is 0 Å². The summed E-state index contributed by atoms with van der Waals surface area (Å²) >= 11 is 6.02. The number of ether oxygens (including phenoxy) is 1. The second kappa shape index (κ2) is 8.44. The standard InChI is InChI=1S/C14H18ClN3O4.ClH/c15-12-2-1-11(18(20)21)7-10(12)8-17-13(19)14(9-16)3-5-22-6-4-14;/h1-2,7H,3-6,8-9,16H2,(H,17,19);1H. The highest BCUT2D eigenvalue weighted by Gasteiger charge is 2.38. The summed E-state index contributed by atoms with van der Waals surface area (Å²) in [7, 11) is 0. The minimum absolute atomic E-state index is 0. The molecule has 1 fully saturated rings. The number of non-ortho nitro benzene ring substituents is 1. The molecule has 7 nitrogen and oxygen atoms in total. The lowest BCUT2D eigenvalue weighted by Gasteiger charge is -2.34. The van der Waals surface area contributed by atoms with E-state index in [2.05, 4.69) is 5.32 Å². The number of nitrogens with one attached hydrogen (secondary N) is 1. The monoisotopic (exact) mass is 363 g/mol. The average Bonchev–Trinajstić information content (AvgIpc) is 2.54. The van der Waals surface area contributed by atoms with Gasteiger partial charge < -0.3 is 15.8 Å². The number of nitrogens with zero attached hydrogens (tertiary/aromatic N) is 1. The van der Waals surface area contributed by atoms with Gasteiger partial charge in [0, 0.05) is 43.5 Å². The molecule has 1 amide bonds. The lowest BCUT2D eigenvalue weighted by atomic mass is 9.79. The van der Waals surface area contributed by atoms with Gasteiger partial charge in [-0.25, -0.2) is 0 Å². The lowest BCUT2D eigenvalue weighted by molar-refractivity contribution is -0.384. The molecule has 0 aromatic heterocycles. The van der Waals surface area contributed by atoms with Gasteiger partial charge in [-0.05, 0) is 24.5 Å². The fourth-order valence-corrected chi connectivity index (χ4v) is 2.64. The zero-order chi connectivity index (χ0) is 16.2. The van der Waals surface area contributed by atoms with Crippen molar-refractivity contribution in [3.63, 3.8) is 0 Å².